The Morgan fingerprint density at radius 1 is 0.955 bits per heavy atom. The zero-order chi connectivity index (χ0) is 31.1. The molecule has 1 heterocycles. The van der Waals surface area contributed by atoms with E-state index < -0.39 is 11.9 Å². The maximum atomic E-state index is 13.7. The monoisotopic (exact) mass is 597 g/mol. The lowest BCUT2D eigenvalue weighted by atomic mass is 9.84. The van der Waals surface area contributed by atoms with Crippen LogP contribution in [-0.4, -0.2) is 49.1 Å². The molecule has 2 aliphatic carbocycles. The summed E-state index contributed by atoms with van der Waals surface area (Å²) in [4.78, 5) is 40.9. The average molecular weight is 598 g/mol. The number of amides is 2. The molecule has 9 heteroatoms. The van der Waals surface area contributed by atoms with Crippen LogP contribution in [-0.2, 0) is 4.79 Å². The number of halogens is 1. The number of anilines is 1. The van der Waals surface area contributed by atoms with E-state index in [1.807, 2.05) is 30.3 Å². The summed E-state index contributed by atoms with van der Waals surface area (Å²) in [5, 5.41) is 16.2. The zero-order valence-electron chi connectivity index (χ0n) is 25.0. The smallest absolute Gasteiger partial charge is 0.308 e. The van der Waals surface area contributed by atoms with Crippen molar-refractivity contribution in [1.82, 2.24) is 10.6 Å². The van der Waals surface area contributed by atoms with E-state index in [2.05, 4.69) is 29.4 Å². The Hall–Kier alpha value is -4.66. The van der Waals surface area contributed by atoms with Gasteiger partial charge in [-0.25, -0.2) is 4.39 Å². The second kappa shape index (κ2) is 11.8. The van der Waals surface area contributed by atoms with E-state index in [0.29, 0.717) is 46.5 Å². The van der Waals surface area contributed by atoms with Crippen LogP contribution in [0.2, 0.25) is 0 Å². The van der Waals surface area contributed by atoms with Crippen LogP contribution in [0, 0.1) is 23.6 Å². The second-order valence-electron chi connectivity index (χ2n) is 11.7. The number of carboxylic acid groups (broad SMARTS) is 1. The van der Waals surface area contributed by atoms with Crippen molar-refractivity contribution in [1.29, 1.82) is 0 Å². The van der Waals surface area contributed by atoms with E-state index in [1.54, 1.807) is 25.2 Å². The number of nitrogens with one attached hydrogen (secondary N) is 2. The molecule has 3 N–H and O–H groups in total. The van der Waals surface area contributed by atoms with Crippen molar-refractivity contribution in [3.8, 4) is 22.5 Å². The highest BCUT2D eigenvalue weighted by molar-refractivity contribution is 6.13. The van der Waals surface area contributed by atoms with E-state index in [0.717, 1.165) is 36.1 Å². The molecule has 44 heavy (non-hydrogen) atoms. The lowest BCUT2D eigenvalue weighted by Gasteiger charge is -2.29. The molecular formula is C35H36FN3O5. The summed E-state index contributed by atoms with van der Waals surface area (Å²) in [6.45, 7) is 5.53. The Kier molecular flexibility index (Phi) is 7.88. The summed E-state index contributed by atoms with van der Waals surface area (Å²) in [7, 11) is 1.55. The van der Waals surface area contributed by atoms with Crippen LogP contribution >= 0.6 is 0 Å². The fourth-order valence-corrected chi connectivity index (χ4v) is 7.26. The second-order valence-corrected chi connectivity index (χ2v) is 11.7. The van der Waals surface area contributed by atoms with Crippen molar-refractivity contribution in [2.45, 2.75) is 39.2 Å². The van der Waals surface area contributed by atoms with E-state index >= 15 is 0 Å². The Morgan fingerprint density at radius 3 is 2.36 bits per heavy atom. The molecule has 6 rings (SSSR count). The minimum atomic E-state index is -0.847. The van der Waals surface area contributed by atoms with Crippen molar-refractivity contribution in [3.05, 3.63) is 77.6 Å². The van der Waals surface area contributed by atoms with Gasteiger partial charge in [-0.15, -0.1) is 0 Å². The van der Waals surface area contributed by atoms with E-state index in [4.69, 9.17) is 4.42 Å². The minimum Gasteiger partial charge on any atom is -0.481 e. The number of hydrogen-bond donors (Lipinski definition) is 3. The SMILES string of the molecule is CCN(CC)c1cc2oc(-c3ccc(F)cc3)c(C(=O)NC)c2cc1-c1cccc(C(=O)N[C@H]2C3CCC(C3)[C@H]2C(=O)O)c1. The molecule has 0 radical (unpaired) electrons. The molecule has 8 nitrogen and oxygen atoms in total. The first-order valence-corrected chi connectivity index (χ1v) is 15.2. The molecular weight excluding hydrogens is 561 g/mol. The highest BCUT2D eigenvalue weighted by Crippen LogP contribution is 2.49. The van der Waals surface area contributed by atoms with Crippen molar-refractivity contribution >= 4 is 34.4 Å². The zero-order valence-corrected chi connectivity index (χ0v) is 25.0. The number of hydrogen-bond acceptors (Lipinski definition) is 5. The van der Waals surface area contributed by atoms with E-state index in [1.165, 1.54) is 12.1 Å². The molecule has 2 unspecified atom stereocenters. The first-order chi connectivity index (χ1) is 21.2. The van der Waals surface area contributed by atoms with Gasteiger partial charge in [0.2, 0.25) is 0 Å². The molecule has 0 saturated heterocycles. The maximum absolute atomic E-state index is 13.7. The molecule has 2 saturated carbocycles. The summed E-state index contributed by atoms with van der Waals surface area (Å²) in [5.74, 6) is -1.79. The third-order valence-corrected chi connectivity index (χ3v) is 9.41. The van der Waals surface area contributed by atoms with Crippen LogP contribution < -0.4 is 15.5 Å². The van der Waals surface area contributed by atoms with Crippen LogP contribution in [0.1, 0.15) is 53.8 Å². The van der Waals surface area contributed by atoms with Gasteiger partial charge in [-0.05, 0) is 93.0 Å². The maximum Gasteiger partial charge on any atom is 0.308 e. The molecule has 3 aromatic carbocycles. The molecule has 4 aromatic rings. The molecule has 2 bridgehead atoms. The Balaban J connectivity index is 1.45. The van der Waals surface area contributed by atoms with Gasteiger partial charge in [0.15, 0.2) is 0 Å². The molecule has 2 aliphatic rings. The molecule has 4 atom stereocenters. The normalized spacial score (nSPS) is 20.5. The van der Waals surface area contributed by atoms with Gasteiger partial charge in [0, 0.05) is 60.0 Å². The number of furan rings is 1. The number of carbonyl (C=O) groups excluding carboxylic acids is 2. The average Bonchev–Trinajstić information content (AvgIpc) is 3.75. The van der Waals surface area contributed by atoms with E-state index in [9.17, 15) is 23.9 Å². The van der Waals surface area contributed by atoms with Gasteiger partial charge in [0.1, 0.15) is 17.2 Å². The molecule has 2 amide bonds. The Labute approximate surface area is 255 Å². The number of aliphatic carboxylic acids is 1. The fourth-order valence-electron chi connectivity index (χ4n) is 7.26. The number of carbonyl (C=O) groups is 3. The highest BCUT2D eigenvalue weighted by atomic mass is 19.1. The molecule has 228 valence electrons. The summed E-state index contributed by atoms with van der Waals surface area (Å²) in [5.41, 5.74) is 4.33. The predicted molar refractivity (Wildman–Crippen MR) is 167 cm³/mol. The van der Waals surface area contributed by atoms with Gasteiger partial charge in [0.25, 0.3) is 11.8 Å². The van der Waals surface area contributed by atoms with Gasteiger partial charge in [0.05, 0.1) is 11.5 Å². The van der Waals surface area contributed by atoms with Gasteiger partial charge in [-0.3, -0.25) is 14.4 Å². The number of fused-ring (bicyclic) bond motifs is 3. The molecule has 1 aromatic heterocycles. The lowest BCUT2D eigenvalue weighted by Crippen LogP contribution is -2.46. The third-order valence-electron chi connectivity index (χ3n) is 9.41. The summed E-state index contributed by atoms with van der Waals surface area (Å²) >= 11 is 0. The number of carboxylic acids is 1. The minimum absolute atomic E-state index is 0.113. The highest BCUT2D eigenvalue weighted by Gasteiger charge is 2.51. The summed E-state index contributed by atoms with van der Waals surface area (Å²) in [6.07, 6.45) is 2.67. The quantitative estimate of drug-likeness (QED) is 0.208. The van der Waals surface area contributed by atoms with Crippen LogP contribution in [0.5, 0.6) is 0 Å². The first kappa shape index (κ1) is 29.4. The topological polar surface area (TPSA) is 112 Å². The lowest BCUT2D eigenvalue weighted by molar-refractivity contribution is -0.144. The third kappa shape index (κ3) is 5.10. The van der Waals surface area contributed by atoms with Gasteiger partial charge < -0.3 is 25.1 Å². The molecule has 0 aliphatic heterocycles. The van der Waals surface area contributed by atoms with Crippen molar-refractivity contribution in [2.75, 3.05) is 25.0 Å². The van der Waals surface area contributed by atoms with Gasteiger partial charge in [-0.1, -0.05) is 12.1 Å². The largest absolute Gasteiger partial charge is 0.481 e. The number of benzene rings is 3. The molecule has 2 fully saturated rings. The fraction of sp³-hybridized carbons (Fsp3) is 0.343. The number of nitrogens with zero attached hydrogens (tertiary/aromatic N) is 1. The predicted octanol–water partition coefficient (Wildman–Crippen LogP) is 6.34. The number of rotatable bonds is 9. The van der Waals surface area contributed by atoms with Crippen LogP contribution in [0.4, 0.5) is 10.1 Å². The van der Waals surface area contributed by atoms with E-state index in [-0.39, 0.29) is 35.5 Å². The Morgan fingerprint density at radius 2 is 1.68 bits per heavy atom. The van der Waals surface area contributed by atoms with Crippen molar-refractivity contribution < 1.29 is 28.3 Å². The van der Waals surface area contributed by atoms with Gasteiger partial charge in [-0.2, -0.15) is 0 Å². The van der Waals surface area contributed by atoms with Crippen molar-refractivity contribution in [2.24, 2.45) is 17.8 Å². The van der Waals surface area contributed by atoms with Crippen LogP contribution in [0.15, 0.2) is 65.1 Å². The summed E-state index contributed by atoms with van der Waals surface area (Å²) in [6, 6.07) is 16.6. The van der Waals surface area contributed by atoms with Crippen molar-refractivity contribution in [3.63, 3.8) is 0 Å². The van der Waals surface area contributed by atoms with Crippen LogP contribution in [0.25, 0.3) is 33.4 Å². The van der Waals surface area contributed by atoms with Crippen LogP contribution in [0.3, 0.4) is 0 Å². The standard InChI is InChI=1S/C35H36FN3O5/c1-4-39(5-2)27-18-28-26(30(34(41)37-3)32(44-28)19-11-13-24(36)14-12-19)17-25(27)20-7-6-8-23(15-20)33(40)38-31-22-10-9-21(16-22)29(31)35(42)43/h6-8,11-15,17-18,21-22,29,31H,4-5,9-10,16H2,1-3H3,(H,37,41)(H,38,40)(H,42,43)/t21?,22?,29-,31+/m1/s1. The first-order valence-electron chi connectivity index (χ1n) is 15.2. The van der Waals surface area contributed by atoms with Gasteiger partial charge >= 0.3 is 5.97 Å². The molecule has 0 spiro atoms. The Bertz CT molecular complexity index is 1740. The summed E-state index contributed by atoms with van der Waals surface area (Å²) < 4.78 is 20.0.